The van der Waals surface area contributed by atoms with E-state index in [0.717, 1.165) is 22.7 Å². The van der Waals surface area contributed by atoms with Gasteiger partial charge in [-0.2, -0.15) is 10.3 Å². The van der Waals surface area contributed by atoms with Crippen LogP contribution in [0.4, 0.5) is 5.82 Å². The number of nitrogens with one attached hydrogen (secondary N) is 1. The molecular weight excluding hydrogens is 296 g/mol. The van der Waals surface area contributed by atoms with Crippen molar-refractivity contribution >= 4 is 28.7 Å². The van der Waals surface area contributed by atoms with Crippen LogP contribution in [-0.2, 0) is 12.3 Å². The number of hydrogen-bond donors (Lipinski definition) is 2. The Morgan fingerprint density at radius 3 is 2.82 bits per heavy atom. The number of H-pyrrole nitrogens is 1. The molecule has 2 heterocycles. The Labute approximate surface area is 133 Å². The van der Waals surface area contributed by atoms with Crippen molar-refractivity contribution in [3.63, 3.8) is 0 Å². The van der Waals surface area contributed by atoms with E-state index in [4.69, 9.17) is 5.73 Å². The van der Waals surface area contributed by atoms with Gasteiger partial charge in [-0.3, -0.25) is 0 Å². The standard InChI is InChI=1S/C15H18N6S/c1-21(2)8-10-4-3-5-11(6-10)9-22-12-7-13(16)17-15-14(12)18-20-19-15/h3-7H,8-9H2,1-2H3,(H3,16,17,18,19,20). The van der Waals surface area contributed by atoms with Gasteiger partial charge in [0.15, 0.2) is 0 Å². The van der Waals surface area contributed by atoms with Crippen molar-refractivity contribution in [2.75, 3.05) is 19.8 Å². The number of aromatic nitrogens is 4. The van der Waals surface area contributed by atoms with Crippen molar-refractivity contribution in [1.29, 1.82) is 0 Å². The Morgan fingerprint density at radius 2 is 2.00 bits per heavy atom. The van der Waals surface area contributed by atoms with E-state index in [1.165, 1.54) is 11.1 Å². The van der Waals surface area contributed by atoms with Crippen LogP contribution in [0.1, 0.15) is 11.1 Å². The molecule has 3 aromatic rings. The number of hydrogen-bond acceptors (Lipinski definition) is 6. The lowest BCUT2D eigenvalue weighted by atomic mass is 10.1. The lowest BCUT2D eigenvalue weighted by molar-refractivity contribution is 0.402. The third kappa shape index (κ3) is 3.37. The van der Waals surface area contributed by atoms with Crippen LogP contribution in [-0.4, -0.2) is 39.4 Å². The van der Waals surface area contributed by atoms with Crippen molar-refractivity contribution in [3.8, 4) is 0 Å². The van der Waals surface area contributed by atoms with Gasteiger partial charge in [0.05, 0.1) is 0 Å². The number of nitrogens with zero attached hydrogens (tertiary/aromatic N) is 4. The van der Waals surface area contributed by atoms with E-state index in [1.54, 1.807) is 11.8 Å². The highest BCUT2D eigenvalue weighted by Gasteiger charge is 2.09. The Morgan fingerprint density at radius 1 is 1.18 bits per heavy atom. The fourth-order valence-electron chi connectivity index (χ4n) is 2.28. The number of rotatable bonds is 5. The summed E-state index contributed by atoms with van der Waals surface area (Å²) >= 11 is 1.69. The van der Waals surface area contributed by atoms with Gasteiger partial charge in [-0.05, 0) is 31.3 Å². The predicted octanol–water partition coefficient (Wildman–Crippen LogP) is 2.29. The summed E-state index contributed by atoms with van der Waals surface area (Å²) in [5.41, 5.74) is 9.73. The average molecular weight is 314 g/mol. The molecule has 22 heavy (non-hydrogen) atoms. The molecule has 6 nitrogen and oxygen atoms in total. The number of pyridine rings is 1. The Hall–Kier alpha value is -2.12. The van der Waals surface area contributed by atoms with Gasteiger partial charge in [0.2, 0.25) is 5.65 Å². The van der Waals surface area contributed by atoms with Gasteiger partial charge >= 0.3 is 0 Å². The van der Waals surface area contributed by atoms with Crippen LogP contribution < -0.4 is 5.73 Å². The lowest BCUT2D eigenvalue weighted by Gasteiger charge is -2.11. The zero-order chi connectivity index (χ0) is 15.5. The average Bonchev–Trinajstić information content (AvgIpc) is 2.92. The molecule has 7 heteroatoms. The summed E-state index contributed by atoms with van der Waals surface area (Å²) in [6, 6.07) is 10.5. The Bertz CT molecular complexity index is 783. The second-order valence-electron chi connectivity index (χ2n) is 5.39. The number of aromatic amines is 1. The second-order valence-corrected chi connectivity index (χ2v) is 6.40. The SMILES string of the molecule is CN(C)Cc1cccc(CSc2cc(N)nc3n[nH]nc23)c1. The molecule has 0 aliphatic heterocycles. The molecule has 0 aliphatic rings. The fraction of sp³-hybridized carbons (Fsp3) is 0.267. The van der Waals surface area contributed by atoms with Crippen LogP contribution >= 0.6 is 11.8 Å². The molecule has 1 aromatic carbocycles. The van der Waals surface area contributed by atoms with Crippen LogP contribution in [0.25, 0.3) is 11.2 Å². The molecule has 0 saturated carbocycles. The molecule has 0 spiro atoms. The maximum Gasteiger partial charge on any atom is 0.204 e. The minimum atomic E-state index is 0.463. The van der Waals surface area contributed by atoms with Crippen molar-refractivity contribution < 1.29 is 0 Å². The van der Waals surface area contributed by atoms with Crippen LogP contribution in [0, 0.1) is 0 Å². The summed E-state index contributed by atoms with van der Waals surface area (Å²) in [7, 11) is 4.14. The molecule has 2 aromatic heterocycles. The van der Waals surface area contributed by atoms with E-state index >= 15 is 0 Å². The van der Waals surface area contributed by atoms with Crippen LogP contribution in [0.15, 0.2) is 35.2 Å². The van der Waals surface area contributed by atoms with Gasteiger partial charge in [-0.1, -0.05) is 24.3 Å². The molecule has 0 fully saturated rings. The molecule has 0 amide bonds. The molecule has 0 bridgehead atoms. The topological polar surface area (TPSA) is 83.7 Å². The van der Waals surface area contributed by atoms with E-state index in [1.807, 2.05) is 6.07 Å². The van der Waals surface area contributed by atoms with E-state index in [0.29, 0.717) is 11.5 Å². The highest BCUT2D eigenvalue weighted by atomic mass is 32.2. The third-order valence-corrected chi connectivity index (χ3v) is 4.26. The minimum Gasteiger partial charge on any atom is -0.384 e. The summed E-state index contributed by atoms with van der Waals surface area (Å²) in [6.45, 7) is 0.939. The third-order valence-electron chi connectivity index (χ3n) is 3.16. The summed E-state index contributed by atoms with van der Waals surface area (Å²) in [6.07, 6.45) is 0. The Balaban J connectivity index is 1.78. The number of thioether (sulfide) groups is 1. The van der Waals surface area contributed by atoms with Gasteiger partial charge in [0.25, 0.3) is 0 Å². The smallest absolute Gasteiger partial charge is 0.204 e. The molecule has 0 aliphatic carbocycles. The molecule has 0 radical (unpaired) electrons. The number of fused-ring (bicyclic) bond motifs is 1. The highest BCUT2D eigenvalue weighted by molar-refractivity contribution is 7.98. The second kappa shape index (κ2) is 6.33. The fourth-order valence-corrected chi connectivity index (χ4v) is 3.26. The van der Waals surface area contributed by atoms with E-state index in [9.17, 15) is 0 Å². The van der Waals surface area contributed by atoms with Gasteiger partial charge in [0.1, 0.15) is 11.3 Å². The molecule has 0 unspecified atom stereocenters. The molecular formula is C15H18N6S. The van der Waals surface area contributed by atoms with Crippen molar-refractivity contribution in [2.45, 2.75) is 17.2 Å². The number of benzene rings is 1. The summed E-state index contributed by atoms with van der Waals surface area (Å²) in [5, 5.41) is 10.7. The van der Waals surface area contributed by atoms with Gasteiger partial charge < -0.3 is 10.6 Å². The quantitative estimate of drug-likeness (QED) is 0.703. The summed E-state index contributed by atoms with van der Waals surface area (Å²) in [4.78, 5) is 7.31. The predicted molar refractivity (Wildman–Crippen MR) is 89.5 cm³/mol. The first-order valence-electron chi connectivity index (χ1n) is 6.94. The monoisotopic (exact) mass is 314 g/mol. The number of nitrogens with two attached hydrogens (primary N) is 1. The maximum atomic E-state index is 5.82. The zero-order valence-corrected chi connectivity index (χ0v) is 13.4. The first-order chi connectivity index (χ1) is 10.6. The lowest BCUT2D eigenvalue weighted by Crippen LogP contribution is -2.10. The maximum absolute atomic E-state index is 5.82. The van der Waals surface area contributed by atoms with Crippen LogP contribution in [0.2, 0.25) is 0 Å². The van der Waals surface area contributed by atoms with E-state index in [2.05, 4.69) is 63.7 Å². The summed E-state index contributed by atoms with van der Waals surface area (Å²) < 4.78 is 0. The Kier molecular flexibility index (Phi) is 4.26. The molecule has 3 N–H and O–H groups in total. The van der Waals surface area contributed by atoms with Gasteiger partial charge in [0, 0.05) is 17.2 Å². The van der Waals surface area contributed by atoms with Gasteiger partial charge in [-0.15, -0.1) is 16.9 Å². The molecule has 3 rings (SSSR count). The van der Waals surface area contributed by atoms with Gasteiger partial charge in [-0.25, -0.2) is 4.98 Å². The van der Waals surface area contributed by atoms with Crippen molar-refractivity contribution in [2.24, 2.45) is 0 Å². The van der Waals surface area contributed by atoms with Crippen LogP contribution in [0.3, 0.4) is 0 Å². The summed E-state index contributed by atoms with van der Waals surface area (Å²) in [5.74, 6) is 1.32. The normalized spacial score (nSPS) is 11.4. The van der Waals surface area contributed by atoms with E-state index < -0.39 is 0 Å². The first kappa shape index (κ1) is 14.8. The largest absolute Gasteiger partial charge is 0.384 e. The van der Waals surface area contributed by atoms with Crippen molar-refractivity contribution in [3.05, 3.63) is 41.5 Å². The molecule has 114 valence electrons. The first-order valence-corrected chi connectivity index (χ1v) is 7.93. The molecule has 0 atom stereocenters. The number of nitrogen functional groups attached to an aromatic ring is 1. The van der Waals surface area contributed by atoms with E-state index in [-0.39, 0.29) is 0 Å². The van der Waals surface area contributed by atoms with Crippen LogP contribution in [0.5, 0.6) is 0 Å². The highest BCUT2D eigenvalue weighted by Crippen LogP contribution is 2.29. The number of anilines is 1. The molecule has 0 saturated heterocycles. The minimum absolute atomic E-state index is 0.463. The van der Waals surface area contributed by atoms with Crippen molar-refractivity contribution in [1.82, 2.24) is 25.3 Å². The zero-order valence-electron chi connectivity index (χ0n) is 12.6.